The van der Waals surface area contributed by atoms with E-state index in [1.165, 1.54) is 6.20 Å². The van der Waals surface area contributed by atoms with Crippen molar-refractivity contribution in [3.63, 3.8) is 0 Å². The summed E-state index contributed by atoms with van der Waals surface area (Å²) in [6.45, 7) is 3.34. The van der Waals surface area contributed by atoms with Crippen LogP contribution in [-0.2, 0) is 19.1 Å². The molecule has 0 aromatic carbocycles. The molecule has 1 aliphatic heterocycles. The number of nitrogens with zero attached hydrogens (tertiary/aromatic N) is 2. The molecule has 0 aromatic heterocycles. The Labute approximate surface area is 141 Å². The Morgan fingerprint density at radius 1 is 1.46 bits per heavy atom. The summed E-state index contributed by atoms with van der Waals surface area (Å²) in [6.07, 6.45) is 3.22. The lowest BCUT2D eigenvalue weighted by molar-refractivity contribution is -0.149. The second kappa shape index (κ2) is 10.3. The monoisotopic (exact) mass is 337 g/mol. The molecule has 1 saturated heterocycles. The Hall–Kier alpha value is -2.56. The fourth-order valence-corrected chi connectivity index (χ4v) is 2.43. The number of ether oxygens (including phenoxy) is 1. The number of aliphatic carboxylic acids is 1. The summed E-state index contributed by atoms with van der Waals surface area (Å²) >= 11 is 0. The number of hydrogen-bond acceptors (Lipinski definition) is 6. The largest absolute Gasteiger partial charge is 0.481 e. The molecule has 2 N–H and O–H groups in total. The number of hydrogen-bond donors (Lipinski definition) is 2. The van der Waals surface area contributed by atoms with Crippen LogP contribution in [0.4, 0.5) is 0 Å². The van der Waals surface area contributed by atoms with Crippen molar-refractivity contribution < 1.29 is 24.2 Å². The van der Waals surface area contributed by atoms with Gasteiger partial charge in [0, 0.05) is 32.3 Å². The van der Waals surface area contributed by atoms with Crippen LogP contribution in [0, 0.1) is 17.2 Å². The molecule has 1 fully saturated rings. The Balaban J connectivity index is 2.56. The van der Waals surface area contributed by atoms with Crippen LogP contribution in [0.25, 0.3) is 0 Å². The van der Waals surface area contributed by atoms with Gasteiger partial charge in [0.15, 0.2) is 0 Å². The summed E-state index contributed by atoms with van der Waals surface area (Å²) in [5, 5.41) is 20.2. The van der Waals surface area contributed by atoms with Crippen LogP contribution in [0.2, 0.25) is 0 Å². The second-order valence-electron chi connectivity index (χ2n) is 5.49. The maximum absolute atomic E-state index is 11.9. The van der Waals surface area contributed by atoms with Gasteiger partial charge in [0.2, 0.25) is 0 Å². The Morgan fingerprint density at radius 3 is 2.83 bits per heavy atom. The van der Waals surface area contributed by atoms with Gasteiger partial charge >= 0.3 is 11.9 Å². The van der Waals surface area contributed by atoms with Crippen molar-refractivity contribution in [2.45, 2.75) is 32.6 Å². The summed E-state index contributed by atoms with van der Waals surface area (Å²) in [6, 6.07) is 1.84. The first-order valence-corrected chi connectivity index (χ1v) is 8.00. The minimum absolute atomic E-state index is 0.0424. The highest BCUT2D eigenvalue weighted by Crippen LogP contribution is 2.18. The van der Waals surface area contributed by atoms with Crippen molar-refractivity contribution in [3.05, 3.63) is 11.8 Å². The molecule has 0 saturated carbocycles. The van der Waals surface area contributed by atoms with Gasteiger partial charge in [-0.05, 0) is 26.2 Å². The Kier molecular flexibility index (Phi) is 8.33. The smallest absolute Gasteiger partial charge is 0.310 e. The highest BCUT2D eigenvalue weighted by Gasteiger charge is 2.26. The van der Waals surface area contributed by atoms with Crippen LogP contribution in [0.15, 0.2) is 11.8 Å². The van der Waals surface area contributed by atoms with E-state index in [0.29, 0.717) is 26.1 Å². The third-order valence-electron chi connectivity index (χ3n) is 3.60. The van der Waals surface area contributed by atoms with Crippen molar-refractivity contribution in [1.29, 1.82) is 5.26 Å². The van der Waals surface area contributed by atoms with Crippen LogP contribution in [-0.4, -0.2) is 54.1 Å². The van der Waals surface area contributed by atoms with Gasteiger partial charge in [0.1, 0.15) is 11.6 Å². The van der Waals surface area contributed by atoms with E-state index in [-0.39, 0.29) is 30.4 Å². The molecule has 0 aliphatic carbocycles. The number of carboxylic acids is 1. The van der Waals surface area contributed by atoms with E-state index in [1.807, 2.05) is 6.07 Å². The number of piperidine rings is 1. The van der Waals surface area contributed by atoms with E-state index in [0.717, 1.165) is 12.8 Å². The third kappa shape index (κ3) is 6.69. The fourth-order valence-electron chi connectivity index (χ4n) is 2.43. The van der Waals surface area contributed by atoms with Crippen LogP contribution >= 0.6 is 0 Å². The number of carbonyl (C=O) groups excluding carboxylic acids is 2. The molecule has 0 radical (unpaired) electrons. The third-order valence-corrected chi connectivity index (χ3v) is 3.60. The van der Waals surface area contributed by atoms with Crippen LogP contribution < -0.4 is 5.32 Å². The van der Waals surface area contributed by atoms with Gasteiger partial charge in [-0.15, -0.1) is 0 Å². The van der Waals surface area contributed by atoms with E-state index < -0.39 is 11.9 Å². The lowest BCUT2D eigenvalue weighted by Crippen LogP contribution is -2.37. The first-order chi connectivity index (χ1) is 11.5. The Morgan fingerprint density at radius 2 is 2.21 bits per heavy atom. The normalized spacial score (nSPS) is 17.8. The Bertz CT molecular complexity index is 538. The first-order valence-electron chi connectivity index (χ1n) is 8.00. The maximum atomic E-state index is 11.9. The number of nitriles is 1. The molecule has 1 rings (SSSR count). The zero-order valence-corrected chi connectivity index (χ0v) is 13.8. The van der Waals surface area contributed by atoms with Crippen molar-refractivity contribution in [2.24, 2.45) is 5.92 Å². The van der Waals surface area contributed by atoms with E-state index in [9.17, 15) is 14.4 Å². The van der Waals surface area contributed by atoms with Gasteiger partial charge in [-0.1, -0.05) is 0 Å². The van der Waals surface area contributed by atoms with E-state index in [2.05, 4.69) is 5.32 Å². The number of carboxylic acid groups (broad SMARTS) is 1. The minimum atomic E-state index is -0.932. The second-order valence-corrected chi connectivity index (χ2v) is 5.49. The number of carbonyl (C=O) groups is 3. The molecule has 1 amide bonds. The molecule has 1 atom stereocenters. The number of rotatable bonds is 8. The highest BCUT2D eigenvalue weighted by molar-refractivity contribution is 5.97. The van der Waals surface area contributed by atoms with Gasteiger partial charge in [0.05, 0.1) is 12.5 Å². The van der Waals surface area contributed by atoms with Gasteiger partial charge in [-0.25, -0.2) is 0 Å². The van der Waals surface area contributed by atoms with E-state index in [4.69, 9.17) is 15.1 Å². The molecule has 1 heterocycles. The van der Waals surface area contributed by atoms with E-state index >= 15 is 0 Å². The molecule has 132 valence electrons. The van der Waals surface area contributed by atoms with Gasteiger partial charge < -0.3 is 20.1 Å². The summed E-state index contributed by atoms with van der Waals surface area (Å²) in [4.78, 5) is 35.9. The van der Waals surface area contributed by atoms with E-state index in [1.54, 1.807) is 11.8 Å². The van der Waals surface area contributed by atoms with Crippen LogP contribution in [0.1, 0.15) is 32.6 Å². The first kappa shape index (κ1) is 19.5. The average Bonchev–Trinajstić information content (AvgIpc) is 2.56. The summed E-state index contributed by atoms with van der Waals surface area (Å²) in [5.41, 5.74) is -0.0603. The molecule has 1 aliphatic rings. The molecule has 1 unspecified atom stereocenters. The molecule has 0 aromatic rings. The SMILES string of the molecule is CCOC(=O)C1CCCN(/C=C(/C#N)C(=O)NCCCC(=O)O)C1. The minimum Gasteiger partial charge on any atom is -0.481 e. The molecular formula is C16H23N3O5. The standard InChI is InChI=1S/C16H23N3O5/c1-2-24-16(23)12-5-4-8-19(10-12)11-13(9-17)15(22)18-7-3-6-14(20)21/h11-12H,2-8,10H2,1H3,(H,18,22)(H,20,21)/b13-11-. The maximum Gasteiger partial charge on any atom is 0.310 e. The number of likely N-dealkylation sites (tertiary alicyclic amines) is 1. The molecule has 0 spiro atoms. The molecular weight excluding hydrogens is 314 g/mol. The highest BCUT2D eigenvalue weighted by atomic mass is 16.5. The van der Waals surface area contributed by atoms with Gasteiger partial charge in [-0.2, -0.15) is 5.26 Å². The fraction of sp³-hybridized carbons (Fsp3) is 0.625. The average molecular weight is 337 g/mol. The number of amides is 1. The quantitative estimate of drug-likeness (QED) is 0.289. The predicted octanol–water partition coefficient (Wildman–Crippen LogP) is 0.650. The van der Waals surface area contributed by atoms with Crippen molar-refractivity contribution in [1.82, 2.24) is 10.2 Å². The molecule has 24 heavy (non-hydrogen) atoms. The van der Waals surface area contributed by atoms with Crippen molar-refractivity contribution >= 4 is 17.8 Å². The summed E-state index contributed by atoms with van der Waals surface area (Å²) < 4.78 is 5.01. The molecule has 8 heteroatoms. The zero-order valence-electron chi connectivity index (χ0n) is 13.8. The lowest BCUT2D eigenvalue weighted by atomic mass is 9.98. The predicted molar refractivity (Wildman–Crippen MR) is 84.5 cm³/mol. The zero-order chi connectivity index (χ0) is 17.9. The molecule has 0 bridgehead atoms. The number of nitrogens with one attached hydrogen (secondary N) is 1. The van der Waals surface area contributed by atoms with Crippen LogP contribution in [0.5, 0.6) is 0 Å². The van der Waals surface area contributed by atoms with Crippen molar-refractivity contribution in [3.8, 4) is 6.07 Å². The summed E-state index contributed by atoms with van der Waals surface area (Å²) in [5.74, 6) is -1.99. The van der Waals surface area contributed by atoms with Crippen molar-refractivity contribution in [2.75, 3.05) is 26.2 Å². The topological polar surface area (TPSA) is 120 Å². The molecule has 8 nitrogen and oxygen atoms in total. The number of esters is 1. The van der Waals surface area contributed by atoms with Crippen LogP contribution in [0.3, 0.4) is 0 Å². The lowest BCUT2D eigenvalue weighted by Gasteiger charge is -2.30. The summed E-state index contributed by atoms with van der Waals surface area (Å²) in [7, 11) is 0. The van der Waals surface area contributed by atoms with Gasteiger partial charge in [0.25, 0.3) is 5.91 Å². The van der Waals surface area contributed by atoms with Gasteiger partial charge in [-0.3, -0.25) is 14.4 Å².